The van der Waals surface area contributed by atoms with Crippen LogP contribution in [0.1, 0.15) is 174 Å². The molecule has 32 heavy (non-hydrogen) atoms. The summed E-state index contributed by atoms with van der Waals surface area (Å²) in [7, 11) is 0. The molecule has 0 aromatic rings. The second-order valence-electron chi connectivity index (χ2n) is 9.97. The van der Waals surface area contributed by atoms with Gasteiger partial charge in [0.1, 0.15) is 0 Å². The summed E-state index contributed by atoms with van der Waals surface area (Å²) in [5, 5.41) is 8.60. The highest BCUT2D eigenvalue weighted by Gasteiger charge is 1.97. The van der Waals surface area contributed by atoms with Gasteiger partial charge in [0.05, 0.1) is 0 Å². The summed E-state index contributed by atoms with van der Waals surface area (Å²) >= 11 is 0. The van der Waals surface area contributed by atoms with E-state index in [1.807, 2.05) is 0 Å². The van der Waals surface area contributed by atoms with Crippen LogP contribution in [0, 0.1) is 0 Å². The van der Waals surface area contributed by atoms with E-state index >= 15 is 0 Å². The lowest BCUT2D eigenvalue weighted by Crippen LogP contribution is -1.93. The van der Waals surface area contributed by atoms with Gasteiger partial charge in [-0.2, -0.15) is 0 Å². The lowest BCUT2D eigenvalue weighted by Gasteiger charge is -2.03. The predicted octanol–water partition coefficient (Wildman–Crippen LogP) is 10.8. The number of carboxylic acid groups (broad SMARTS) is 1. The minimum atomic E-state index is -0.651. The van der Waals surface area contributed by atoms with Gasteiger partial charge < -0.3 is 5.11 Å². The van der Waals surface area contributed by atoms with Gasteiger partial charge in [-0.15, -0.1) is 0 Å². The van der Waals surface area contributed by atoms with E-state index in [1.165, 1.54) is 148 Å². The highest BCUT2D eigenvalue weighted by Crippen LogP contribution is 2.14. The molecule has 0 aromatic carbocycles. The van der Waals surface area contributed by atoms with E-state index < -0.39 is 5.97 Å². The molecule has 2 heteroatoms. The summed E-state index contributed by atoms with van der Waals surface area (Å²) < 4.78 is 0. The van der Waals surface area contributed by atoms with Gasteiger partial charge in [-0.3, -0.25) is 4.79 Å². The van der Waals surface area contributed by atoms with Crippen molar-refractivity contribution in [1.82, 2.24) is 0 Å². The van der Waals surface area contributed by atoms with Gasteiger partial charge in [0.15, 0.2) is 0 Å². The highest BCUT2D eigenvalue weighted by molar-refractivity contribution is 5.66. The summed E-state index contributed by atoms with van der Waals surface area (Å²) in [4.78, 5) is 10.4. The van der Waals surface area contributed by atoms with E-state index in [9.17, 15) is 4.79 Å². The smallest absolute Gasteiger partial charge is 0.303 e. The molecule has 0 spiro atoms. The number of aliphatic carboxylic acids is 1. The number of carbonyl (C=O) groups is 1. The molecule has 0 heterocycles. The fraction of sp³-hybridized carbons (Fsp3) is 0.900. The van der Waals surface area contributed by atoms with E-state index in [1.54, 1.807) is 0 Å². The number of allylic oxidation sites excluding steroid dienone is 2. The molecule has 0 fully saturated rings. The molecule has 0 atom stereocenters. The summed E-state index contributed by atoms with van der Waals surface area (Å²) in [6.07, 6.45) is 39.0. The minimum Gasteiger partial charge on any atom is -0.481 e. The number of unbranched alkanes of at least 4 members (excludes halogenated alkanes) is 23. The van der Waals surface area contributed by atoms with Crippen LogP contribution in [0.2, 0.25) is 0 Å². The fourth-order valence-electron chi connectivity index (χ4n) is 4.47. The summed E-state index contributed by atoms with van der Waals surface area (Å²) in [5.41, 5.74) is 0. The van der Waals surface area contributed by atoms with Gasteiger partial charge in [0.25, 0.3) is 0 Å². The van der Waals surface area contributed by atoms with Crippen molar-refractivity contribution in [2.45, 2.75) is 174 Å². The Bertz CT molecular complexity index is 388. The Balaban J connectivity index is 3.07. The first-order chi connectivity index (χ1) is 15.8. The molecule has 0 bridgehead atoms. The number of carboxylic acids is 1. The van der Waals surface area contributed by atoms with E-state index in [2.05, 4.69) is 19.1 Å². The molecule has 1 N–H and O–H groups in total. The second-order valence-corrected chi connectivity index (χ2v) is 9.97. The van der Waals surface area contributed by atoms with Crippen molar-refractivity contribution in [1.29, 1.82) is 0 Å². The standard InChI is InChI=1S/C30H58O2/c1-2-3-4-5-6-7-8-9-10-11-12-13-14-15-16-17-18-19-20-21-22-23-24-25-26-27-28-29-30(31)32/h10-11H,2-9,12-29H2,1H3,(H,31,32)/b11-10-. The second kappa shape index (κ2) is 28.2. The average molecular weight is 451 g/mol. The van der Waals surface area contributed by atoms with Crippen molar-refractivity contribution < 1.29 is 9.90 Å². The Labute approximate surface area is 202 Å². The van der Waals surface area contributed by atoms with E-state index in [0.29, 0.717) is 6.42 Å². The van der Waals surface area contributed by atoms with Crippen LogP contribution in [0.15, 0.2) is 12.2 Å². The van der Waals surface area contributed by atoms with Crippen LogP contribution in [-0.2, 0) is 4.79 Å². The van der Waals surface area contributed by atoms with Crippen LogP contribution in [0.3, 0.4) is 0 Å². The third-order valence-electron chi connectivity index (χ3n) is 6.65. The molecule has 0 aliphatic rings. The molecule has 0 aliphatic carbocycles. The van der Waals surface area contributed by atoms with E-state index in [-0.39, 0.29) is 0 Å². The van der Waals surface area contributed by atoms with Crippen molar-refractivity contribution in [2.24, 2.45) is 0 Å². The van der Waals surface area contributed by atoms with Gasteiger partial charge in [-0.1, -0.05) is 147 Å². The molecule has 190 valence electrons. The van der Waals surface area contributed by atoms with Crippen LogP contribution in [0.4, 0.5) is 0 Å². The molecular weight excluding hydrogens is 392 g/mol. The van der Waals surface area contributed by atoms with Gasteiger partial charge in [-0.25, -0.2) is 0 Å². The zero-order chi connectivity index (χ0) is 23.4. The Morgan fingerprint density at radius 1 is 0.469 bits per heavy atom. The van der Waals surface area contributed by atoms with Crippen LogP contribution in [0.5, 0.6) is 0 Å². The van der Waals surface area contributed by atoms with Gasteiger partial charge in [0.2, 0.25) is 0 Å². The predicted molar refractivity (Wildman–Crippen MR) is 142 cm³/mol. The maximum Gasteiger partial charge on any atom is 0.303 e. The third-order valence-corrected chi connectivity index (χ3v) is 6.65. The largest absolute Gasteiger partial charge is 0.481 e. The van der Waals surface area contributed by atoms with Gasteiger partial charge in [0, 0.05) is 6.42 Å². The molecule has 0 rings (SSSR count). The molecule has 0 saturated heterocycles. The lowest BCUT2D eigenvalue weighted by molar-refractivity contribution is -0.137. The van der Waals surface area contributed by atoms with Crippen molar-refractivity contribution in [3.8, 4) is 0 Å². The summed E-state index contributed by atoms with van der Waals surface area (Å²) in [6, 6.07) is 0. The van der Waals surface area contributed by atoms with E-state index in [4.69, 9.17) is 5.11 Å². The monoisotopic (exact) mass is 450 g/mol. The van der Waals surface area contributed by atoms with Gasteiger partial charge >= 0.3 is 5.97 Å². The van der Waals surface area contributed by atoms with Crippen LogP contribution >= 0.6 is 0 Å². The van der Waals surface area contributed by atoms with Crippen molar-refractivity contribution in [2.75, 3.05) is 0 Å². The lowest BCUT2D eigenvalue weighted by atomic mass is 10.0. The minimum absolute atomic E-state index is 0.344. The Kier molecular flexibility index (Phi) is 27.5. The molecular formula is C30H58O2. The molecule has 2 nitrogen and oxygen atoms in total. The van der Waals surface area contributed by atoms with Crippen LogP contribution in [-0.4, -0.2) is 11.1 Å². The number of hydrogen-bond donors (Lipinski definition) is 1. The molecule has 0 unspecified atom stereocenters. The third kappa shape index (κ3) is 29.2. The maximum absolute atomic E-state index is 10.4. The number of rotatable bonds is 27. The summed E-state index contributed by atoms with van der Waals surface area (Å²) in [6.45, 7) is 2.29. The quantitative estimate of drug-likeness (QED) is 0.0997. The van der Waals surface area contributed by atoms with Gasteiger partial charge in [-0.05, 0) is 32.1 Å². The molecule has 0 aliphatic heterocycles. The molecule has 0 amide bonds. The fourth-order valence-corrected chi connectivity index (χ4v) is 4.47. The SMILES string of the molecule is CCCCCCCCC/C=C\CCCCCCCCCCCCCCCCCCC(=O)O. The zero-order valence-electron chi connectivity index (χ0n) is 21.9. The highest BCUT2D eigenvalue weighted by atomic mass is 16.4. The normalized spacial score (nSPS) is 11.5. The van der Waals surface area contributed by atoms with E-state index in [0.717, 1.165) is 12.8 Å². The van der Waals surface area contributed by atoms with Crippen molar-refractivity contribution >= 4 is 5.97 Å². The summed E-state index contributed by atoms with van der Waals surface area (Å²) in [5.74, 6) is -0.651. The van der Waals surface area contributed by atoms with Crippen molar-refractivity contribution in [3.05, 3.63) is 12.2 Å². The van der Waals surface area contributed by atoms with Crippen LogP contribution < -0.4 is 0 Å². The first kappa shape index (κ1) is 31.2. The number of hydrogen-bond acceptors (Lipinski definition) is 1. The molecule has 0 radical (unpaired) electrons. The Morgan fingerprint density at radius 3 is 1.06 bits per heavy atom. The Hall–Kier alpha value is -0.790. The van der Waals surface area contributed by atoms with Crippen LogP contribution in [0.25, 0.3) is 0 Å². The first-order valence-corrected chi connectivity index (χ1v) is 14.6. The van der Waals surface area contributed by atoms with Crippen molar-refractivity contribution in [3.63, 3.8) is 0 Å². The topological polar surface area (TPSA) is 37.3 Å². The maximum atomic E-state index is 10.4. The molecule has 0 saturated carbocycles. The Morgan fingerprint density at radius 2 is 0.750 bits per heavy atom. The molecule has 0 aromatic heterocycles. The average Bonchev–Trinajstić information content (AvgIpc) is 2.78. The first-order valence-electron chi connectivity index (χ1n) is 14.6. The zero-order valence-corrected chi connectivity index (χ0v) is 21.9.